The van der Waals surface area contributed by atoms with Crippen molar-refractivity contribution in [1.29, 1.82) is 0 Å². The molecule has 1 N–H and O–H groups in total. The summed E-state index contributed by atoms with van der Waals surface area (Å²) >= 11 is 1.47. The van der Waals surface area contributed by atoms with Crippen molar-refractivity contribution in [1.82, 2.24) is 4.57 Å². The molecule has 3 atom stereocenters. The van der Waals surface area contributed by atoms with Crippen LogP contribution in [0.2, 0.25) is 0 Å². The number of alkyl halides is 6. The molecule has 1 aromatic heterocycles. The van der Waals surface area contributed by atoms with Crippen LogP contribution in [0.3, 0.4) is 0 Å². The Morgan fingerprint density at radius 1 is 0.894 bits per heavy atom. The second kappa shape index (κ2) is 11.9. The fraction of sp³-hybridized carbons (Fsp3) is 0.226. The standard InChI is InChI=1S/C31H21F6N3O5S2/c1-45-20-12-5-2-9-17(20)22-23-24(27(43)40(26(23)42)19-11-4-3-10-18(19)31(35,36)37)46-28-25(22)47-29(44)39(28)14-21(41)38-16-8-6-7-15(13-16)30(32,33)34/h2-13,22-24H,14H2,1H3,(H,38,41). The van der Waals surface area contributed by atoms with Gasteiger partial charge in [0.25, 0.3) is 0 Å². The Balaban J connectivity index is 1.42. The molecule has 2 aliphatic rings. The average Bonchev–Trinajstić information content (AvgIpc) is 3.46. The van der Waals surface area contributed by atoms with Crippen molar-refractivity contribution in [3.05, 3.63) is 104 Å². The maximum atomic E-state index is 14.1. The van der Waals surface area contributed by atoms with Gasteiger partial charge in [-0.3, -0.25) is 23.7 Å². The zero-order chi connectivity index (χ0) is 33.8. The summed E-state index contributed by atoms with van der Waals surface area (Å²) in [4.78, 5) is 54.5. The molecule has 3 heterocycles. The zero-order valence-corrected chi connectivity index (χ0v) is 25.5. The van der Waals surface area contributed by atoms with Gasteiger partial charge in [-0.15, -0.1) is 0 Å². The third-order valence-electron chi connectivity index (χ3n) is 7.75. The molecule has 1 saturated heterocycles. The summed E-state index contributed by atoms with van der Waals surface area (Å²) in [6.45, 7) is -0.660. The van der Waals surface area contributed by atoms with E-state index in [0.717, 1.165) is 52.7 Å². The predicted octanol–water partition coefficient (Wildman–Crippen LogP) is 6.39. The van der Waals surface area contributed by atoms with Crippen molar-refractivity contribution in [3.63, 3.8) is 0 Å². The molecular formula is C31H21F6N3O5S2. The summed E-state index contributed by atoms with van der Waals surface area (Å²) in [5.41, 5.74) is -2.59. The molecule has 0 saturated carbocycles. The normalized spacial score (nSPS) is 19.4. The number of hydrogen-bond acceptors (Lipinski definition) is 7. The van der Waals surface area contributed by atoms with Crippen molar-refractivity contribution >= 4 is 52.2 Å². The van der Waals surface area contributed by atoms with Gasteiger partial charge in [0.2, 0.25) is 17.7 Å². The molecule has 16 heteroatoms. The molecule has 47 heavy (non-hydrogen) atoms. The number of carbonyl (C=O) groups excluding carboxylic acids is 3. The van der Waals surface area contributed by atoms with E-state index in [1.54, 1.807) is 24.3 Å². The molecule has 0 bridgehead atoms. The molecule has 3 unspecified atom stereocenters. The molecular weight excluding hydrogens is 672 g/mol. The van der Waals surface area contributed by atoms with Crippen LogP contribution in [-0.2, 0) is 33.3 Å². The topological polar surface area (TPSA) is 97.7 Å². The number of imide groups is 1. The quantitative estimate of drug-likeness (QED) is 0.186. The van der Waals surface area contributed by atoms with Gasteiger partial charge in [-0.05, 0) is 36.4 Å². The van der Waals surface area contributed by atoms with Gasteiger partial charge in [-0.2, -0.15) is 26.3 Å². The van der Waals surface area contributed by atoms with E-state index >= 15 is 0 Å². The van der Waals surface area contributed by atoms with Crippen LogP contribution in [-0.4, -0.2) is 34.6 Å². The lowest BCUT2D eigenvalue weighted by Gasteiger charge is -2.31. The number of ether oxygens (including phenoxy) is 1. The molecule has 6 rings (SSSR count). The first-order chi connectivity index (χ1) is 22.2. The number of rotatable bonds is 6. The zero-order valence-electron chi connectivity index (χ0n) is 23.9. The number of fused-ring (bicyclic) bond motifs is 2. The SMILES string of the molecule is COc1ccccc1C1c2sc(=O)n(CC(=O)Nc3cccc(C(F)(F)F)c3)c2SC2C(=O)N(c3ccccc3C(F)(F)F)C(=O)C21. The van der Waals surface area contributed by atoms with Crippen LogP contribution in [0, 0.1) is 5.92 Å². The molecule has 1 fully saturated rings. The lowest BCUT2D eigenvalue weighted by molar-refractivity contribution is -0.138. The van der Waals surface area contributed by atoms with Crippen molar-refractivity contribution in [2.45, 2.75) is 35.1 Å². The van der Waals surface area contributed by atoms with Gasteiger partial charge < -0.3 is 10.1 Å². The third kappa shape index (κ3) is 5.79. The van der Waals surface area contributed by atoms with Crippen LogP contribution < -0.4 is 19.8 Å². The van der Waals surface area contributed by atoms with Crippen LogP contribution in [0.4, 0.5) is 37.7 Å². The second-order valence-corrected chi connectivity index (χ2v) is 12.7. The number of anilines is 2. The van der Waals surface area contributed by atoms with E-state index < -0.39 is 75.4 Å². The number of hydrogen-bond donors (Lipinski definition) is 1. The first-order valence-corrected chi connectivity index (χ1v) is 15.4. The monoisotopic (exact) mass is 693 g/mol. The van der Waals surface area contributed by atoms with E-state index in [-0.39, 0.29) is 21.3 Å². The molecule has 0 radical (unpaired) electrons. The highest BCUT2D eigenvalue weighted by Gasteiger charge is 2.58. The van der Waals surface area contributed by atoms with Crippen LogP contribution >= 0.6 is 23.1 Å². The molecule has 3 amide bonds. The Labute approximate surface area is 269 Å². The number of benzene rings is 3. The summed E-state index contributed by atoms with van der Waals surface area (Å²) in [5, 5.41) is 1.17. The summed E-state index contributed by atoms with van der Waals surface area (Å²) in [6, 6.07) is 14.6. The second-order valence-electron chi connectivity index (χ2n) is 10.6. The first kappa shape index (κ1) is 32.4. The molecule has 0 aliphatic carbocycles. The van der Waals surface area contributed by atoms with Gasteiger partial charge in [0, 0.05) is 22.0 Å². The molecule has 4 aromatic rings. The van der Waals surface area contributed by atoms with Crippen LogP contribution in [0.25, 0.3) is 0 Å². The van der Waals surface area contributed by atoms with Crippen molar-refractivity contribution < 1.29 is 45.5 Å². The number of aromatic nitrogens is 1. The average molecular weight is 694 g/mol. The van der Waals surface area contributed by atoms with E-state index in [4.69, 9.17) is 4.74 Å². The highest BCUT2D eigenvalue weighted by atomic mass is 32.2. The molecule has 8 nitrogen and oxygen atoms in total. The Kier molecular flexibility index (Phi) is 8.20. The number of carbonyl (C=O) groups is 3. The smallest absolute Gasteiger partial charge is 0.418 e. The van der Waals surface area contributed by atoms with Gasteiger partial charge in [0.1, 0.15) is 17.5 Å². The summed E-state index contributed by atoms with van der Waals surface area (Å²) in [5.74, 6) is -4.68. The minimum atomic E-state index is -4.88. The first-order valence-electron chi connectivity index (χ1n) is 13.7. The predicted molar refractivity (Wildman–Crippen MR) is 161 cm³/mol. The van der Waals surface area contributed by atoms with Gasteiger partial charge >= 0.3 is 17.2 Å². The van der Waals surface area contributed by atoms with Crippen molar-refractivity contribution in [2.24, 2.45) is 5.92 Å². The fourth-order valence-electron chi connectivity index (χ4n) is 5.78. The molecule has 3 aromatic carbocycles. The molecule has 244 valence electrons. The number of methoxy groups -OCH3 is 1. The lowest BCUT2D eigenvalue weighted by atomic mass is 9.82. The summed E-state index contributed by atoms with van der Waals surface area (Å²) in [7, 11) is 1.37. The summed E-state index contributed by atoms with van der Waals surface area (Å²) in [6.07, 6.45) is -9.54. The number of amides is 3. The lowest BCUT2D eigenvalue weighted by Crippen LogP contribution is -2.33. The van der Waals surface area contributed by atoms with Crippen molar-refractivity contribution in [2.75, 3.05) is 17.3 Å². The molecule has 2 aliphatic heterocycles. The van der Waals surface area contributed by atoms with Gasteiger partial charge in [0.15, 0.2) is 0 Å². The van der Waals surface area contributed by atoms with Crippen LogP contribution in [0.1, 0.15) is 27.5 Å². The van der Waals surface area contributed by atoms with Crippen LogP contribution in [0.5, 0.6) is 5.75 Å². The van der Waals surface area contributed by atoms with Crippen molar-refractivity contribution in [3.8, 4) is 5.75 Å². The number of thioether (sulfide) groups is 1. The van der Waals surface area contributed by atoms with Gasteiger partial charge in [-0.25, -0.2) is 4.90 Å². The number of thiazole rings is 1. The number of para-hydroxylation sites is 2. The number of nitrogens with zero attached hydrogens (tertiary/aromatic N) is 2. The molecule has 0 spiro atoms. The maximum absolute atomic E-state index is 14.1. The number of nitrogens with one attached hydrogen (secondary N) is 1. The summed E-state index contributed by atoms with van der Waals surface area (Å²) < 4.78 is 88.1. The highest BCUT2D eigenvalue weighted by molar-refractivity contribution is 8.00. The van der Waals surface area contributed by atoms with Gasteiger partial charge in [-0.1, -0.05) is 59.5 Å². The van der Waals surface area contributed by atoms with E-state index in [1.165, 1.54) is 19.2 Å². The highest BCUT2D eigenvalue weighted by Crippen LogP contribution is 2.55. The van der Waals surface area contributed by atoms with E-state index in [9.17, 15) is 45.5 Å². The largest absolute Gasteiger partial charge is 0.496 e. The Hall–Kier alpha value is -4.57. The third-order valence-corrected chi connectivity index (χ3v) is 10.4. The van der Waals surface area contributed by atoms with Gasteiger partial charge in [0.05, 0.1) is 34.9 Å². The van der Waals surface area contributed by atoms with E-state index in [1.807, 2.05) is 0 Å². The number of halogens is 6. The minimum Gasteiger partial charge on any atom is -0.496 e. The Morgan fingerprint density at radius 3 is 2.30 bits per heavy atom. The van der Waals surface area contributed by atoms with E-state index in [0.29, 0.717) is 21.8 Å². The fourth-order valence-corrected chi connectivity index (χ4v) is 8.54. The Morgan fingerprint density at radius 2 is 1.60 bits per heavy atom. The van der Waals surface area contributed by atoms with Crippen LogP contribution in [0.15, 0.2) is 82.6 Å². The Bertz CT molecular complexity index is 1970. The maximum Gasteiger partial charge on any atom is 0.418 e. The van der Waals surface area contributed by atoms with E-state index in [2.05, 4.69) is 5.32 Å². The minimum absolute atomic E-state index is 0.128.